The number of H-pyrrole nitrogens is 1. The van der Waals surface area contributed by atoms with E-state index in [-0.39, 0.29) is 41.1 Å². The molecule has 7 aliphatic rings. The van der Waals surface area contributed by atoms with Crippen LogP contribution in [0.25, 0.3) is 16.6 Å². The van der Waals surface area contributed by atoms with Crippen LogP contribution in [0.15, 0.2) is 84.4 Å². The van der Waals surface area contributed by atoms with Crippen molar-refractivity contribution in [1.82, 2.24) is 29.4 Å². The highest BCUT2D eigenvalue weighted by Gasteiger charge is 2.50. The van der Waals surface area contributed by atoms with Gasteiger partial charge in [0.15, 0.2) is 11.4 Å². The fourth-order valence-corrected chi connectivity index (χ4v) is 13.9. The highest BCUT2D eigenvalue weighted by atomic mass is 32.2. The normalized spacial score (nSPS) is 24.4. The van der Waals surface area contributed by atoms with E-state index in [4.69, 9.17) is 19.2 Å². The van der Waals surface area contributed by atoms with Crippen LogP contribution in [0.5, 0.6) is 11.6 Å². The summed E-state index contributed by atoms with van der Waals surface area (Å²) in [5, 5.41) is 16.7. The quantitative estimate of drug-likeness (QED) is 0.0881. The van der Waals surface area contributed by atoms with Crippen molar-refractivity contribution in [2.45, 2.75) is 87.0 Å². The number of benzene rings is 3. The van der Waals surface area contributed by atoms with Crippen molar-refractivity contribution < 1.29 is 32.3 Å². The maximum Gasteiger partial charge on any atom is 0.297 e. The zero-order valence-corrected chi connectivity index (χ0v) is 42.4. The van der Waals surface area contributed by atoms with E-state index in [1.807, 2.05) is 30.5 Å². The molecular weight excluding hydrogens is 949 g/mol. The number of anilines is 4. The number of ether oxygens (including phenoxy) is 3. The number of aromatic nitrogens is 2. The Kier molecular flexibility index (Phi) is 12.4. The third-order valence-corrected chi connectivity index (χ3v) is 18.1. The molecular formula is C54H64N10O8S. The number of amides is 1. The number of rotatable bonds is 11. The van der Waals surface area contributed by atoms with Crippen molar-refractivity contribution >= 4 is 61.0 Å². The minimum atomic E-state index is -4.69. The van der Waals surface area contributed by atoms with E-state index in [9.17, 15) is 23.3 Å². The topological polar surface area (TPSA) is 191 Å². The first-order valence-electron chi connectivity index (χ1n) is 25.9. The molecule has 3 N–H and O–H groups in total. The fourth-order valence-electron chi connectivity index (χ4n) is 12.9. The number of aromatic amines is 1. The van der Waals surface area contributed by atoms with Crippen LogP contribution < -0.4 is 29.3 Å². The van der Waals surface area contributed by atoms with Gasteiger partial charge in [-0.15, -0.1) is 0 Å². The molecule has 1 aliphatic carbocycles. The Morgan fingerprint density at radius 3 is 2.56 bits per heavy atom. The van der Waals surface area contributed by atoms with Gasteiger partial charge in [0.2, 0.25) is 5.88 Å². The van der Waals surface area contributed by atoms with Gasteiger partial charge in [-0.3, -0.25) is 24.7 Å². The number of nitro benzene ring substituents is 1. The number of likely N-dealkylation sites (tertiary alicyclic amines) is 1. The highest BCUT2D eigenvalue weighted by molar-refractivity contribution is 7.90. The first-order chi connectivity index (χ1) is 35.3. The summed E-state index contributed by atoms with van der Waals surface area (Å²) in [6.07, 6.45) is 8.76. The second-order valence-electron chi connectivity index (χ2n) is 21.5. The Morgan fingerprint density at radius 2 is 1.77 bits per heavy atom. The molecule has 8 heterocycles. The molecule has 4 saturated heterocycles. The molecule has 19 heteroatoms. The van der Waals surface area contributed by atoms with Crippen LogP contribution >= 0.6 is 0 Å². The molecule has 5 aromatic rings. The summed E-state index contributed by atoms with van der Waals surface area (Å²) in [6.45, 7) is 14.3. The van der Waals surface area contributed by atoms with Crippen LogP contribution in [0.3, 0.4) is 0 Å². The zero-order chi connectivity index (χ0) is 50.2. The lowest BCUT2D eigenvalue weighted by Gasteiger charge is -2.56. The summed E-state index contributed by atoms with van der Waals surface area (Å²) >= 11 is 0. The number of nitrogens with one attached hydrogen (secondary N) is 3. The summed E-state index contributed by atoms with van der Waals surface area (Å²) in [7, 11) is -2.61. The van der Waals surface area contributed by atoms with Crippen molar-refractivity contribution in [3.8, 4) is 11.6 Å². The fraction of sp³-hybridized carbons (Fsp3) is 0.481. The van der Waals surface area contributed by atoms with E-state index in [2.05, 4.69) is 84.3 Å². The molecule has 0 bridgehead atoms. The number of carbonyl (C=O) groups excluding carboxylic acids is 1. The number of nitro groups is 1. The number of hydrogen-bond donors (Lipinski definition) is 3. The Balaban J connectivity index is 0.826. The molecule has 1 spiro atoms. The molecule has 3 aromatic carbocycles. The monoisotopic (exact) mass is 1010 g/mol. The minimum absolute atomic E-state index is 0.0334. The number of nitrogens with zero attached hydrogens (tertiary/aromatic N) is 7. The minimum Gasteiger partial charge on any atom is -0.489 e. The molecule has 2 aromatic heterocycles. The van der Waals surface area contributed by atoms with Gasteiger partial charge in [-0.25, -0.2) is 13.1 Å². The van der Waals surface area contributed by atoms with Crippen molar-refractivity contribution in [2.24, 2.45) is 5.41 Å². The van der Waals surface area contributed by atoms with E-state index >= 15 is 0 Å². The van der Waals surface area contributed by atoms with Crippen LogP contribution in [0.1, 0.15) is 79.4 Å². The third kappa shape index (κ3) is 8.95. The lowest BCUT2D eigenvalue weighted by Crippen LogP contribution is -2.55. The Bertz CT molecular complexity index is 3090. The number of allylic oxidation sites excluding steroid dienone is 1. The predicted molar refractivity (Wildman–Crippen MR) is 280 cm³/mol. The van der Waals surface area contributed by atoms with Crippen molar-refractivity contribution in [3.05, 3.63) is 106 Å². The standard InChI is InChI=1S/C54H64N10O8S/c1-34(2)40-7-4-5-8-41(40)43-9-6-17-62(43)38-29-54(30-38)14-18-61(19-15-54)37-10-11-42(45(26-37)63-44-13-24-70-33-49(44)72-53-47(63)25-35-12-16-55-51(35)57-53)52(65)58-73(68,69)39-27-46(64(66)67)50-48(28-39)71-32-36(56-50)31-60-22-20-59(3)21-23-60/h4-5,7-8,10-12,16,25-28,36,38,43-44,49,56H,1,6,9,13-15,17-24,29-33H2,2-3H3,(H,55,57)(H,58,65)/t36-,43-,44+,49+/m0/s1. The first-order valence-corrected chi connectivity index (χ1v) is 27.4. The summed E-state index contributed by atoms with van der Waals surface area (Å²) in [4.78, 5) is 46.1. The van der Waals surface area contributed by atoms with Crippen LogP contribution in [0, 0.1) is 15.5 Å². The lowest BCUT2D eigenvalue weighted by atomic mass is 9.59. The van der Waals surface area contributed by atoms with Gasteiger partial charge < -0.3 is 39.2 Å². The molecule has 384 valence electrons. The molecule has 73 heavy (non-hydrogen) atoms. The molecule has 18 nitrogen and oxygen atoms in total. The molecule has 0 unspecified atom stereocenters. The third-order valence-electron chi connectivity index (χ3n) is 16.8. The summed E-state index contributed by atoms with van der Waals surface area (Å²) in [5.74, 6) is -0.481. The molecule has 1 saturated carbocycles. The van der Waals surface area contributed by atoms with Gasteiger partial charge in [0.25, 0.3) is 21.6 Å². The maximum atomic E-state index is 14.8. The summed E-state index contributed by atoms with van der Waals surface area (Å²) < 4.78 is 49.6. The Hall–Kier alpha value is -6.25. The molecule has 5 fully saturated rings. The Morgan fingerprint density at radius 1 is 0.959 bits per heavy atom. The maximum absolute atomic E-state index is 14.8. The van der Waals surface area contributed by atoms with Gasteiger partial charge in [-0.2, -0.15) is 4.98 Å². The number of hydrogen-bond acceptors (Lipinski definition) is 15. The van der Waals surface area contributed by atoms with Crippen LogP contribution in [0.4, 0.5) is 28.4 Å². The van der Waals surface area contributed by atoms with Gasteiger partial charge >= 0.3 is 0 Å². The number of piperidine rings is 1. The second kappa shape index (κ2) is 18.9. The van der Waals surface area contributed by atoms with E-state index in [0.29, 0.717) is 61.2 Å². The van der Waals surface area contributed by atoms with Gasteiger partial charge in [0, 0.05) is 93.9 Å². The molecule has 12 rings (SSSR count). The molecule has 1 amide bonds. The van der Waals surface area contributed by atoms with Crippen LogP contribution in [-0.4, -0.2) is 147 Å². The lowest BCUT2D eigenvalue weighted by molar-refractivity contribution is -0.384. The molecule has 4 atom stereocenters. The number of piperazine rings is 1. The van der Waals surface area contributed by atoms with Gasteiger partial charge in [0.05, 0.1) is 39.8 Å². The number of carbonyl (C=O) groups is 1. The second-order valence-corrected chi connectivity index (χ2v) is 23.1. The van der Waals surface area contributed by atoms with Crippen molar-refractivity contribution in [2.75, 3.05) is 94.3 Å². The molecule has 0 radical (unpaired) electrons. The van der Waals surface area contributed by atoms with Gasteiger partial charge in [0.1, 0.15) is 24.0 Å². The van der Waals surface area contributed by atoms with E-state index < -0.39 is 37.5 Å². The van der Waals surface area contributed by atoms with Crippen LogP contribution in [0.2, 0.25) is 0 Å². The van der Waals surface area contributed by atoms with Gasteiger partial charge in [-0.05, 0) is 112 Å². The van der Waals surface area contributed by atoms with Crippen molar-refractivity contribution in [3.63, 3.8) is 0 Å². The number of sulfonamides is 1. The van der Waals surface area contributed by atoms with E-state index in [1.54, 1.807) is 6.07 Å². The Labute approximate surface area is 425 Å². The largest absolute Gasteiger partial charge is 0.489 e. The van der Waals surface area contributed by atoms with Crippen molar-refractivity contribution in [1.29, 1.82) is 0 Å². The SMILES string of the molecule is C=C(C)c1ccccc1[C@@H]1CCCN1C1CC2(CCN(c3ccc(C(=O)NS(=O)(=O)c4cc5c(c([N+](=O)[O-])c4)N[C@@H](CN4CCN(C)CC4)CO5)c(N4c5cc6cc[nH]c6nc5O[C@@H]5COCC[C@H]54)c3)CC2)C1. The average Bonchev–Trinajstić information content (AvgIpc) is 4.07. The van der Waals surface area contributed by atoms with E-state index in [0.717, 1.165) is 81.4 Å². The first kappa shape index (κ1) is 47.7. The number of fused-ring (bicyclic) bond motifs is 4. The zero-order valence-electron chi connectivity index (χ0n) is 41.6. The molecule has 6 aliphatic heterocycles. The van der Waals surface area contributed by atoms with Crippen LogP contribution in [-0.2, 0) is 14.8 Å². The number of likely N-dealkylation sites (N-methyl/N-ethyl adjacent to an activating group) is 1. The van der Waals surface area contributed by atoms with E-state index in [1.165, 1.54) is 42.9 Å². The summed E-state index contributed by atoms with van der Waals surface area (Å²) in [6, 6.07) is 21.0. The predicted octanol–water partition coefficient (Wildman–Crippen LogP) is 7.32. The smallest absolute Gasteiger partial charge is 0.297 e. The number of pyridine rings is 1. The average molecular weight is 1010 g/mol. The summed E-state index contributed by atoms with van der Waals surface area (Å²) in [5.41, 5.74) is 6.53. The van der Waals surface area contributed by atoms with Gasteiger partial charge in [-0.1, -0.05) is 36.4 Å². The highest BCUT2D eigenvalue weighted by Crippen LogP contribution is 2.55.